The van der Waals surface area contributed by atoms with Crippen molar-refractivity contribution in [3.8, 4) is 0 Å². The molecule has 0 saturated carbocycles. The van der Waals surface area contributed by atoms with Gasteiger partial charge in [-0.05, 0) is 32.1 Å². The molecular formula is C15H16ClN3O4S. The third kappa shape index (κ3) is 3.34. The molecule has 0 aliphatic carbocycles. The van der Waals surface area contributed by atoms with Crippen molar-refractivity contribution in [2.24, 2.45) is 0 Å². The number of rotatable bonds is 4. The summed E-state index contributed by atoms with van der Waals surface area (Å²) in [7, 11) is 1.72. The van der Waals surface area contributed by atoms with Gasteiger partial charge in [-0.1, -0.05) is 11.6 Å². The third-order valence-corrected chi connectivity index (χ3v) is 4.49. The standard InChI is InChI=1S/C15H16ClN3O4S/c1-4-23-14(20)12-8(2)18(3)15(24)17-13(12)10-7-9(19(21)22)5-6-11(10)16/h5-7,13H,4H2,1-3H3,(H,17,24). The number of nitrogens with one attached hydrogen (secondary N) is 1. The van der Waals surface area contributed by atoms with Gasteiger partial charge >= 0.3 is 5.97 Å². The number of ether oxygens (including phenoxy) is 1. The van der Waals surface area contributed by atoms with Crippen LogP contribution in [0.25, 0.3) is 0 Å². The molecule has 0 saturated heterocycles. The number of esters is 1. The van der Waals surface area contributed by atoms with Gasteiger partial charge in [0.25, 0.3) is 5.69 Å². The summed E-state index contributed by atoms with van der Waals surface area (Å²) < 4.78 is 5.12. The van der Waals surface area contributed by atoms with E-state index in [0.717, 1.165) is 0 Å². The average molecular weight is 370 g/mol. The molecular weight excluding hydrogens is 354 g/mol. The van der Waals surface area contributed by atoms with E-state index in [0.29, 0.717) is 27.0 Å². The molecule has 0 bridgehead atoms. The van der Waals surface area contributed by atoms with Crippen LogP contribution in [-0.2, 0) is 9.53 Å². The van der Waals surface area contributed by atoms with Crippen LogP contribution >= 0.6 is 23.8 Å². The highest BCUT2D eigenvalue weighted by atomic mass is 35.5. The molecule has 0 radical (unpaired) electrons. The van der Waals surface area contributed by atoms with Crippen LogP contribution in [0.1, 0.15) is 25.5 Å². The second-order valence-corrected chi connectivity index (χ2v) is 5.92. The van der Waals surface area contributed by atoms with Crippen LogP contribution in [0.15, 0.2) is 29.5 Å². The van der Waals surface area contributed by atoms with Gasteiger partial charge in [-0.25, -0.2) is 4.79 Å². The Labute approximate surface area is 149 Å². The maximum absolute atomic E-state index is 12.4. The van der Waals surface area contributed by atoms with Gasteiger partial charge < -0.3 is 15.0 Å². The summed E-state index contributed by atoms with van der Waals surface area (Å²) >= 11 is 11.5. The summed E-state index contributed by atoms with van der Waals surface area (Å²) in [4.78, 5) is 24.6. The van der Waals surface area contributed by atoms with Crippen molar-refractivity contribution in [2.45, 2.75) is 19.9 Å². The molecule has 1 aromatic carbocycles. The molecule has 7 nitrogen and oxygen atoms in total. The Hall–Kier alpha value is -2.19. The molecule has 1 heterocycles. The normalized spacial score (nSPS) is 17.6. The first-order valence-electron chi connectivity index (χ1n) is 7.13. The SMILES string of the molecule is CCOC(=O)C1=C(C)N(C)C(=S)NC1c1cc([N+](=O)[O-])ccc1Cl. The average Bonchev–Trinajstić information content (AvgIpc) is 2.52. The van der Waals surface area contributed by atoms with Gasteiger partial charge in [0.1, 0.15) is 0 Å². The first kappa shape index (κ1) is 18.2. The number of hydrogen-bond acceptors (Lipinski definition) is 5. The first-order chi connectivity index (χ1) is 11.3. The minimum atomic E-state index is -0.722. The Morgan fingerprint density at radius 2 is 2.21 bits per heavy atom. The largest absolute Gasteiger partial charge is 0.463 e. The third-order valence-electron chi connectivity index (χ3n) is 3.75. The number of halogens is 1. The zero-order chi connectivity index (χ0) is 18.0. The quantitative estimate of drug-likeness (QED) is 0.378. The van der Waals surface area contributed by atoms with Gasteiger partial charge in [-0.2, -0.15) is 0 Å². The van der Waals surface area contributed by atoms with E-state index in [4.69, 9.17) is 28.6 Å². The molecule has 1 aliphatic heterocycles. The van der Waals surface area contributed by atoms with Crippen molar-refractivity contribution < 1.29 is 14.5 Å². The molecule has 1 aliphatic rings. The van der Waals surface area contributed by atoms with E-state index in [1.165, 1.54) is 18.2 Å². The topological polar surface area (TPSA) is 84.7 Å². The minimum Gasteiger partial charge on any atom is -0.463 e. The Morgan fingerprint density at radius 3 is 2.79 bits per heavy atom. The van der Waals surface area contributed by atoms with Gasteiger partial charge in [0.05, 0.1) is 23.1 Å². The van der Waals surface area contributed by atoms with E-state index in [9.17, 15) is 14.9 Å². The van der Waals surface area contributed by atoms with Gasteiger partial charge in [-0.3, -0.25) is 10.1 Å². The van der Waals surface area contributed by atoms with Crippen LogP contribution < -0.4 is 5.32 Å². The fraction of sp³-hybridized carbons (Fsp3) is 0.333. The monoisotopic (exact) mass is 369 g/mol. The van der Waals surface area contributed by atoms with Gasteiger partial charge in [0.15, 0.2) is 5.11 Å². The van der Waals surface area contributed by atoms with Crippen LogP contribution in [0.3, 0.4) is 0 Å². The van der Waals surface area contributed by atoms with Crippen molar-refractivity contribution in [1.29, 1.82) is 0 Å². The van der Waals surface area contributed by atoms with E-state index >= 15 is 0 Å². The number of nitrogens with zero attached hydrogens (tertiary/aromatic N) is 2. The summed E-state index contributed by atoms with van der Waals surface area (Å²) in [6.45, 7) is 3.64. The van der Waals surface area contributed by atoms with E-state index < -0.39 is 16.9 Å². The predicted molar refractivity (Wildman–Crippen MR) is 93.7 cm³/mol. The predicted octanol–water partition coefficient (Wildman–Crippen LogP) is 2.95. The van der Waals surface area contributed by atoms with Gasteiger partial charge in [-0.15, -0.1) is 0 Å². The number of carbonyl (C=O) groups is 1. The number of hydrogen-bond donors (Lipinski definition) is 1. The van der Waals surface area contributed by atoms with E-state index in [1.54, 1.807) is 25.8 Å². The smallest absolute Gasteiger partial charge is 0.338 e. The van der Waals surface area contributed by atoms with Gasteiger partial charge in [0, 0.05) is 35.5 Å². The van der Waals surface area contributed by atoms with Crippen molar-refractivity contribution in [1.82, 2.24) is 10.2 Å². The highest BCUT2D eigenvalue weighted by Gasteiger charge is 2.35. The fourth-order valence-corrected chi connectivity index (χ4v) is 2.89. The fourth-order valence-electron chi connectivity index (χ4n) is 2.41. The molecule has 0 fully saturated rings. The zero-order valence-electron chi connectivity index (χ0n) is 13.3. The lowest BCUT2D eigenvalue weighted by Gasteiger charge is -2.35. The lowest BCUT2D eigenvalue weighted by Crippen LogP contribution is -2.46. The summed E-state index contributed by atoms with van der Waals surface area (Å²) in [6, 6.07) is 3.34. The highest BCUT2D eigenvalue weighted by molar-refractivity contribution is 7.80. The Kier molecular flexibility index (Phi) is 5.40. The number of carbonyl (C=O) groups excluding carboxylic acids is 1. The number of non-ortho nitro benzene ring substituents is 1. The number of thiocarbonyl (C=S) groups is 1. The van der Waals surface area contributed by atoms with Crippen LogP contribution in [0.2, 0.25) is 5.02 Å². The van der Waals surface area contributed by atoms with E-state index in [1.807, 2.05) is 0 Å². The second-order valence-electron chi connectivity index (χ2n) is 5.12. The summed E-state index contributed by atoms with van der Waals surface area (Å²) in [5.74, 6) is -0.524. The molecule has 128 valence electrons. The first-order valence-corrected chi connectivity index (χ1v) is 7.92. The molecule has 0 amide bonds. The molecule has 9 heteroatoms. The van der Waals surface area contributed by atoms with Crippen molar-refractivity contribution >= 4 is 40.6 Å². The number of allylic oxidation sites excluding steroid dienone is 1. The molecule has 0 aromatic heterocycles. The van der Waals surface area contributed by atoms with Crippen LogP contribution in [0.5, 0.6) is 0 Å². The Balaban J connectivity index is 2.62. The second kappa shape index (κ2) is 7.14. The molecule has 0 spiro atoms. The lowest BCUT2D eigenvalue weighted by atomic mass is 9.94. The molecule has 1 atom stereocenters. The van der Waals surface area contributed by atoms with Crippen LogP contribution in [0, 0.1) is 10.1 Å². The molecule has 1 unspecified atom stereocenters. The zero-order valence-corrected chi connectivity index (χ0v) is 14.9. The highest BCUT2D eigenvalue weighted by Crippen LogP contribution is 2.36. The molecule has 1 N–H and O–H groups in total. The van der Waals surface area contributed by atoms with E-state index in [2.05, 4.69) is 5.32 Å². The maximum atomic E-state index is 12.4. The number of nitro benzene ring substituents is 1. The van der Waals surface area contributed by atoms with Crippen molar-refractivity contribution in [3.05, 3.63) is 50.2 Å². The van der Waals surface area contributed by atoms with Crippen molar-refractivity contribution in [2.75, 3.05) is 13.7 Å². The Bertz CT molecular complexity index is 750. The minimum absolute atomic E-state index is 0.123. The molecule has 24 heavy (non-hydrogen) atoms. The van der Waals surface area contributed by atoms with E-state index in [-0.39, 0.29) is 12.3 Å². The van der Waals surface area contributed by atoms with Crippen LogP contribution in [0.4, 0.5) is 5.69 Å². The molecule has 1 aromatic rings. The Morgan fingerprint density at radius 1 is 1.54 bits per heavy atom. The number of benzene rings is 1. The van der Waals surface area contributed by atoms with Crippen molar-refractivity contribution in [3.63, 3.8) is 0 Å². The molecule has 2 rings (SSSR count). The maximum Gasteiger partial charge on any atom is 0.338 e. The summed E-state index contributed by atoms with van der Waals surface area (Å²) in [6.07, 6.45) is 0. The lowest BCUT2D eigenvalue weighted by molar-refractivity contribution is -0.384. The number of nitro groups is 1. The van der Waals surface area contributed by atoms with Crippen LogP contribution in [-0.4, -0.2) is 34.6 Å². The van der Waals surface area contributed by atoms with Gasteiger partial charge in [0.2, 0.25) is 0 Å². The summed E-state index contributed by atoms with van der Waals surface area (Å²) in [5.41, 5.74) is 1.19. The summed E-state index contributed by atoms with van der Waals surface area (Å²) in [5, 5.41) is 14.7.